The van der Waals surface area contributed by atoms with E-state index in [2.05, 4.69) is 10.6 Å². The van der Waals surface area contributed by atoms with Crippen LogP contribution in [-0.4, -0.2) is 29.6 Å². The minimum atomic E-state index is -1.11. The fraction of sp³-hybridized carbons (Fsp3) is 0.381. The van der Waals surface area contributed by atoms with Crippen molar-refractivity contribution in [3.05, 3.63) is 47.2 Å². The Morgan fingerprint density at radius 2 is 1.38 bits per heavy atom. The van der Waals surface area contributed by atoms with E-state index < -0.39 is 64.6 Å². The molecule has 1 aromatic rings. The van der Waals surface area contributed by atoms with Crippen LogP contribution >= 0.6 is 0 Å². The van der Waals surface area contributed by atoms with E-state index in [1.165, 1.54) is 0 Å². The number of rotatable bonds is 2. The van der Waals surface area contributed by atoms with Crippen LogP contribution in [-0.2, 0) is 23.9 Å². The van der Waals surface area contributed by atoms with Crippen molar-refractivity contribution in [1.29, 1.82) is 0 Å². The lowest BCUT2D eigenvalue weighted by Crippen LogP contribution is -2.58. The van der Waals surface area contributed by atoms with Crippen molar-refractivity contribution in [1.82, 2.24) is 10.6 Å². The second-order valence-electron chi connectivity index (χ2n) is 8.41. The Kier molecular flexibility index (Phi) is 3.45. The molecular formula is C21H18N2O6. The van der Waals surface area contributed by atoms with Crippen LogP contribution in [0.5, 0.6) is 0 Å². The number of allylic oxidation sites excluding steroid dienone is 2. The normalized spacial score (nSPS) is 36.9. The number of aryl methyl sites for hydroxylation is 1. The van der Waals surface area contributed by atoms with Crippen LogP contribution in [0.15, 0.2) is 36.1 Å². The van der Waals surface area contributed by atoms with E-state index in [0.717, 1.165) is 5.56 Å². The molecule has 1 aromatic carbocycles. The van der Waals surface area contributed by atoms with Crippen LogP contribution in [0.2, 0.25) is 0 Å². The predicted molar refractivity (Wildman–Crippen MR) is 96.5 cm³/mol. The first kappa shape index (κ1) is 17.8. The molecule has 2 aliphatic heterocycles. The van der Waals surface area contributed by atoms with Crippen molar-refractivity contribution in [3.8, 4) is 0 Å². The molecule has 0 radical (unpaired) electrons. The van der Waals surface area contributed by atoms with Gasteiger partial charge < -0.3 is 4.74 Å². The standard InChI is InChI=1S/C21H18N2O6/c1-8-3-5-9(6-4-8)20(28)29-10-7-21(2)14-12(16(24)22-18(14)26)11(10)13-15(21)19(27)23-17(13)25/h3-7,11-15H,1-2H3,(H,22,24,26)(H,23,25,27)/t11?,12-,13-,14+,15+,21?/m0/s1. The van der Waals surface area contributed by atoms with E-state index in [1.54, 1.807) is 37.3 Å². The van der Waals surface area contributed by atoms with Crippen LogP contribution in [0.25, 0.3) is 0 Å². The largest absolute Gasteiger partial charge is 0.427 e. The minimum absolute atomic E-state index is 0.176. The van der Waals surface area contributed by atoms with Crippen molar-refractivity contribution in [2.45, 2.75) is 13.8 Å². The first-order valence-corrected chi connectivity index (χ1v) is 9.43. The predicted octanol–water partition coefficient (Wildman–Crippen LogP) is 0.463. The first-order valence-electron chi connectivity index (χ1n) is 9.43. The molecule has 3 aliphatic carbocycles. The molecule has 4 atom stereocenters. The Bertz CT molecular complexity index is 998. The molecule has 2 N–H and O–H groups in total. The maximum atomic E-state index is 12.7. The van der Waals surface area contributed by atoms with Crippen LogP contribution in [0.1, 0.15) is 22.8 Å². The Hall–Kier alpha value is -3.29. The summed E-state index contributed by atoms with van der Waals surface area (Å²) in [6.07, 6.45) is 1.60. The Labute approximate surface area is 165 Å². The third-order valence-corrected chi connectivity index (χ3v) is 6.78. The average molecular weight is 394 g/mol. The quantitative estimate of drug-likeness (QED) is 0.556. The van der Waals surface area contributed by atoms with Crippen molar-refractivity contribution in [3.63, 3.8) is 0 Å². The number of hydrogen-bond acceptors (Lipinski definition) is 6. The van der Waals surface area contributed by atoms with Crippen LogP contribution in [0.4, 0.5) is 0 Å². The number of imide groups is 2. The number of carbonyl (C=O) groups is 5. The summed E-state index contributed by atoms with van der Waals surface area (Å²) in [6.45, 7) is 3.57. The molecule has 29 heavy (non-hydrogen) atoms. The monoisotopic (exact) mass is 394 g/mol. The van der Waals surface area contributed by atoms with Gasteiger partial charge >= 0.3 is 5.97 Å². The lowest BCUT2D eigenvalue weighted by Gasteiger charge is -2.52. The van der Waals surface area contributed by atoms with Gasteiger partial charge in [0.05, 0.1) is 29.2 Å². The second-order valence-corrected chi connectivity index (χ2v) is 8.41. The maximum Gasteiger partial charge on any atom is 0.343 e. The summed E-state index contributed by atoms with van der Waals surface area (Å²) in [7, 11) is 0. The fourth-order valence-corrected chi connectivity index (χ4v) is 5.58. The van der Waals surface area contributed by atoms with Gasteiger partial charge in [0.25, 0.3) is 0 Å². The zero-order chi connectivity index (χ0) is 20.7. The molecule has 0 unspecified atom stereocenters. The number of carbonyl (C=O) groups excluding carboxylic acids is 5. The van der Waals surface area contributed by atoms with E-state index in [-0.39, 0.29) is 5.76 Å². The highest BCUT2D eigenvalue weighted by atomic mass is 16.5. The molecule has 1 saturated carbocycles. The Morgan fingerprint density at radius 1 is 0.862 bits per heavy atom. The Morgan fingerprint density at radius 3 is 1.90 bits per heavy atom. The van der Waals surface area contributed by atoms with Crippen molar-refractivity contribution >= 4 is 29.6 Å². The number of esters is 1. The summed E-state index contributed by atoms with van der Waals surface area (Å²) in [5, 5.41) is 4.64. The van der Waals surface area contributed by atoms with Crippen LogP contribution in [0.3, 0.4) is 0 Å². The minimum Gasteiger partial charge on any atom is -0.427 e. The van der Waals surface area contributed by atoms with E-state index in [1.807, 2.05) is 6.92 Å². The van der Waals surface area contributed by atoms with E-state index in [0.29, 0.717) is 5.56 Å². The average Bonchev–Trinajstić information content (AvgIpc) is 3.13. The molecule has 0 spiro atoms. The fourth-order valence-electron chi connectivity index (χ4n) is 5.58. The zero-order valence-corrected chi connectivity index (χ0v) is 15.7. The molecule has 4 amide bonds. The third kappa shape index (κ3) is 2.22. The number of ether oxygens (including phenoxy) is 1. The molecule has 8 heteroatoms. The number of hydrogen-bond donors (Lipinski definition) is 2. The molecule has 0 aromatic heterocycles. The van der Waals surface area contributed by atoms with Crippen LogP contribution < -0.4 is 10.6 Å². The van der Waals surface area contributed by atoms with Gasteiger partial charge in [0, 0.05) is 11.3 Å². The highest BCUT2D eigenvalue weighted by Crippen LogP contribution is 2.63. The van der Waals surface area contributed by atoms with Gasteiger partial charge in [-0.3, -0.25) is 29.8 Å². The molecule has 3 fully saturated rings. The van der Waals surface area contributed by atoms with Gasteiger partial charge in [0.15, 0.2) is 0 Å². The summed E-state index contributed by atoms with van der Waals surface area (Å²) < 4.78 is 5.64. The second kappa shape index (κ2) is 5.62. The first-order chi connectivity index (χ1) is 13.7. The lowest BCUT2D eigenvalue weighted by molar-refractivity contribution is -0.149. The van der Waals surface area contributed by atoms with Gasteiger partial charge in [0.2, 0.25) is 23.6 Å². The molecular weight excluding hydrogens is 376 g/mol. The van der Waals surface area contributed by atoms with Crippen molar-refractivity contribution in [2.75, 3.05) is 0 Å². The van der Waals surface area contributed by atoms with Crippen molar-refractivity contribution < 1.29 is 28.7 Å². The smallest absolute Gasteiger partial charge is 0.343 e. The van der Waals surface area contributed by atoms with Gasteiger partial charge in [-0.1, -0.05) is 24.6 Å². The summed E-state index contributed by atoms with van der Waals surface area (Å²) in [5.41, 5.74) is 0.201. The molecule has 148 valence electrons. The number of amides is 4. The molecule has 2 heterocycles. The number of benzene rings is 1. The molecule has 2 saturated heterocycles. The molecule has 8 nitrogen and oxygen atoms in total. The third-order valence-electron chi connectivity index (χ3n) is 6.78. The van der Waals surface area contributed by atoms with Gasteiger partial charge in [-0.2, -0.15) is 0 Å². The molecule has 6 rings (SSSR count). The maximum absolute atomic E-state index is 12.7. The highest BCUT2D eigenvalue weighted by molar-refractivity contribution is 6.11. The van der Waals surface area contributed by atoms with Gasteiger partial charge in [-0.25, -0.2) is 4.79 Å². The summed E-state index contributed by atoms with van der Waals surface area (Å²) in [5.74, 6) is -6.47. The SMILES string of the molecule is Cc1ccc(C(=O)OC2=CC3(C)[C@H]4C(=O)NC(=O)[C@H]4C2[C@@H]2C(=O)NC(=O)[C@@H]23)cc1. The lowest BCUT2D eigenvalue weighted by atomic mass is 9.47. The van der Waals surface area contributed by atoms with Crippen LogP contribution in [0, 0.1) is 41.9 Å². The molecule has 5 aliphatic rings. The van der Waals surface area contributed by atoms with Gasteiger partial charge in [0.1, 0.15) is 5.76 Å². The van der Waals surface area contributed by atoms with E-state index in [9.17, 15) is 24.0 Å². The highest BCUT2D eigenvalue weighted by Gasteiger charge is 2.72. The molecule has 2 bridgehead atoms. The number of nitrogens with one attached hydrogen (secondary N) is 2. The van der Waals surface area contributed by atoms with Gasteiger partial charge in [-0.05, 0) is 25.1 Å². The van der Waals surface area contributed by atoms with E-state index in [4.69, 9.17) is 4.74 Å². The van der Waals surface area contributed by atoms with E-state index >= 15 is 0 Å². The topological polar surface area (TPSA) is 119 Å². The van der Waals surface area contributed by atoms with Gasteiger partial charge in [-0.15, -0.1) is 0 Å². The van der Waals surface area contributed by atoms with Crippen molar-refractivity contribution in [2.24, 2.45) is 35.0 Å². The summed E-state index contributed by atoms with van der Waals surface area (Å²) in [4.78, 5) is 62.8. The Balaban J connectivity index is 1.59. The summed E-state index contributed by atoms with van der Waals surface area (Å²) >= 11 is 0. The zero-order valence-electron chi connectivity index (χ0n) is 15.7. The summed E-state index contributed by atoms with van der Waals surface area (Å²) in [6, 6.07) is 6.81.